The Morgan fingerprint density at radius 1 is 1.06 bits per heavy atom. The molecule has 0 fully saturated rings. The third kappa shape index (κ3) is 6.75. The molecule has 0 saturated heterocycles. The van der Waals surface area contributed by atoms with Gasteiger partial charge in [0.25, 0.3) is 0 Å². The highest BCUT2D eigenvalue weighted by molar-refractivity contribution is 5.83. The predicted molar refractivity (Wildman–Crippen MR) is 120 cm³/mol. The van der Waals surface area contributed by atoms with Crippen molar-refractivity contribution in [3.05, 3.63) is 94.8 Å². The highest BCUT2D eigenvalue weighted by Gasteiger charge is 2.32. The van der Waals surface area contributed by atoms with Crippen molar-refractivity contribution in [2.75, 3.05) is 14.2 Å². The molecule has 10 heteroatoms. The van der Waals surface area contributed by atoms with Crippen LogP contribution >= 0.6 is 0 Å². The first-order chi connectivity index (χ1) is 16.6. The number of nitrogens with one attached hydrogen (secondary N) is 2. The number of methoxy groups -OCH3 is 1. The summed E-state index contributed by atoms with van der Waals surface area (Å²) >= 11 is 0. The number of amides is 1. The number of pyridine rings is 1. The van der Waals surface area contributed by atoms with E-state index in [4.69, 9.17) is 4.74 Å². The van der Waals surface area contributed by atoms with Crippen molar-refractivity contribution in [1.82, 2.24) is 15.6 Å². The third-order valence-corrected chi connectivity index (χ3v) is 5.50. The maximum Gasteiger partial charge on any atom is 0.433 e. The number of hydrogen-bond donors (Lipinski definition) is 2. The minimum Gasteiger partial charge on any atom is -0.497 e. The second kappa shape index (κ2) is 11.3. The molecule has 0 radical (unpaired) electrons. The van der Waals surface area contributed by atoms with Crippen molar-refractivity contribution < 1.29 is 31.5 Å². The van der Waals surface area contributed by atoms with Gasteiger partial charge in [0.15, 0.2) is 0 Å². The molecule has 0 saturated carbocycles. The Kier molecular flexibility index (Phi) is 8.39. The molecule has 3 aromatic rings. The highest BCUT2D eigenvalue weighted by Crippen LogP contribution is 2.30. The molecular weight excluding hydrogens is 469 g/mol. The molecule has 0 unspecified atom stereocenters. The average molecular weight is 493 g/mol. The molecule has 0 bridgehead atoms. The lowest BCUT2D eigenvalue weighted by atomic mass is 9.96. The lowest BCUT2D eigenvalue weighted by Gasteiger charge is -2.26. The number of ether oxygens (including phenoxy) is 1. The number of aryl methyl sites for hydroxylation is 1. The molecule has 1 amide bonds. The Labute approximate surface area is 199 Å². The quantitative estimate of drug-likeness (QED) is 0.406. The standard InChI is InChI=1S/C25H24F5N3O2/c1-31-24(34)23(16-5-7-17(26)8-6-16)33-21(19-10-9-18(35-2)13-20(19)27)11-3-15-4-12-22(32-14-15)25(28,29)30/h4-10,12-14,21,23,33H,3,11H2,1-2H3,(H,31,34)/t21-,23+/m0/s1. The molecule has 0 aliphatic carbocycles. The Hall–Kier alpha value is -3.53. The van der Waals surface area contributed by atoms with Crippen LogP contribution < -0.4 is 15.4 Å². The highest BCUT2D eigenvalue weighted by atomic mass is 19.4. The van der Waals surface area contributed by atoms with E-state index >= 15 is 0 Å². The molecule has 0 aliphatic rings. The largest absolute Gasteiger partial charge is 0.497 e. The van der Waals surface area contributed by atoms with Gasteiger partial charge in [-0.05, 0) is 48.2 Å². The molecule has 3 rings (SSSR count). The zero-order valence-corrected chi connectivity index (χ0v) is 19.0. The van der Waals surface area contributed by atoms with E-state index < -0.39 is 41.5 Å². The lowest BCUT2D eigenvalue weighted by molar-refractivity contribution is -0.141. The van der Waals surface area contributed by atoms with Gasteiger partial charge in [0.2, 0.25) is 5.91 Å². The molecule has 35 heavy (non-hydrogen) atoms. The van der Waals surface area contributed by atoms with Gasteiger partial charge in [-0.25, -0.2) is 8.78 Å². The number of hydrogen-bond acceptors (Lipinski definition) is 4. The molecule has 2 aromatic carbocycles. The number of halogens is 5. The molecule has 1 aromatic heterocycles. The topological polar surface area (TPSA) is 63.2 Å². The summed E-state index contributed by atoms with van der Waals surface area (Å²) in [5.41, 5.74) is 0.202. The number of alkyl halides is 3. The molecule has 1 heterocycles. The van der Waals surface area contributed by atoms with Gasteiger partial charge in [0.1, 0.15) is 29.1 Å². The van der Waals surface area contributed by atoms with E-state index in [0.29, 0.717) is 16.9 Å². The molecule has 5 nitrogen and oxygen atoms in total. The summed E-state index contributed by atoms with van der Waals surface area (Å²) in [5, 5.41) is 5.66. The van der Waals surface area contributed by atoms with Crippen LogP contribution in [0.2, 0.25) is 0 Å². The minimum atomic E-state index is -4.55. The molecular formula is C25H24F5N3O2. The van der Waals surface area contributed by atoms with Crippen LogP contribution in [0.3, 0.4) is 0 Å². The number of likely N-dealkylation sites (N-methyl/N-ethyl adjacent to an activating group) is 1. The molecule has 0 spiro atoms. The molecule has 2 atom stereocenters. The third-order valence-electron chi connectivity index (χ3n) is 5.50. The zero-order chi connectivity index (χ0) is 25.6. The maximum absolute atomic E-state index is 15.0. The van der Waals surface area contributed by atoms with Gasteiger partial charge in [0, 0.05) is 30.9 Å². The average Bonchev–Trinajstić information content (AvgIpc) is 2.84. The van der Waals surface area contributed by atoms with E-state index in [1.165, 1.54) is 56.6 Å². The van der Waals surface area contributed by atoms with Gasteiger partial charge in [-0.2, -0.15) is 13.2 Å². The summed E-state index contributed by atoms with van der Waals surface area (Å²) in [6.45, 7) is 0. The summed E-state index contributed by atoms with van der Waals surface area (Å²) in [4.78, 5) is 16.1. The number of benzene rings is 2. The normalized spacial score (nSPS) is 13.2. The first-order valence-corrected chi connectivity index (χ1v) is 10.7. The first-order valence-electron chi connectivity index (χ1n) is 10.7. The first kappa shape index (κ1) is 26.1. The number of nitrogens with zero attached hydrogens (tertiary/aromatic N) is 1. The van der Waals surface area contributed by atoms with E-state index in [-0.39, 0.29) is 18.4 Å². The van der Waals surface area contributed by atoms with Gasteiger partial charge in [0.05, 0.1) is 7.11 Å². The molecule has 0 aliphatic heterocycles. The number of carbonyl (C=O) groups excluding carboxylic acids is 1. The summed E-state index contributed by atoms with van der Waals surface area (Å²) in [5.74, 6) is -1.18. The molecule has 2 N–H and O–H groups in total. The maximum atomic E-state index is 15.0. The van der Waals surface area contributed by atoms with Crippen LogP contribution in [-0.2, 0) is 17.4 Å². The Morgan fingerprint density at radius 3 is 2.31 bits per heavy atom. The van der Waals surface area contributed by atoms with E-state index in [1.54, 1.807) is 6.07 Å². The van der Waals surface area contributed by atoms with Gasteiger partial charge in [-0.3, -0.25) is 15.1 Å². The smallest absolute Gasteiger partial charge is 0.433 e. The van der Waals surface area contributed by atoms with E-state index in [2.05, 4.69) is 15.6 Å². The second-order valence-electron chi connectivity index (χ2n) is 7.79. The van der Waals surface area contributed by atoms with Crippen molar-refractivity contribution in [2.24, 2.45) is 0 Å². The second-order valence-corrected chi connectivity index (χ2v) is 7.79. The fraction of sp³-hybridized carbons (Fsp3) is 0.280. The van der Waals surface area contributed by atoms with Crippen molar-refractivity contribution >= 4 is 5.91 Å². The minimum absolute atomic E-state index is 0.227. The monoisotopic (exact) mass is 493 g/mol. The Balaban J connectivity index is 1.91. The van der Waals surface area contributed by atoms with Gasteiger partial charge >= 0.3 is 6.18 Å². The van der Waals surface area contributed by atoms with Crippen molar-refractivity contribution in [3.8, 4) is 5.75 Å². The van der Waals surface area contributed by atoms with Crippen LogP contribution in [0, 0.1) is 11.6 Å². The summed E-state index contributed by atoms with van der Waals surface area (Å²) in [7, 11) is 2.84. The van der Waals surface area contributed by atoms with Crippen LogP contribution in [0.1, 0.15) is 40.9 Å². The van der Waals surface area contributed by atoms with Crippen molar-refractivity contribution in [1.29, 1.82) is 0 Å². The van der Waals surface area contributed by atoms with Crippen molar-refractivity contribution in [2.45, 2.75) is 31.1 Å². The van der Waals surface area contributed by atoms with E-state index in [0.717, 1.165) is 12.3 Å². The SMILES string of the molecule is CNC(=O)[C@H](N[C@@H](CCc1ccc(C(F)(F)F)nc1)c1ccc(OC)cc1F)c1ccc(F)cc1. The van der Waals surface area contributed by atoms with Crippen molar-refractivity contribution in [3.63, 3.8) is 0 Å². The number of carbonyl (C=O) groups is 1. The van der Waals surface area contributed by atoms with Crippen LogP contribution in [0.5, 0.6) is 5.75 Å². The Morgan fingerprint density at radius 2 is 1.77 bits per heavy atom. The number of aromatic nitrogens is 1. The van der Waals surface area contributed by atoms with Gasteiger partial charge in [-0.15, -0.1) is 0 Å². The Bertz CT molecular complexity index is 1140. The van der Waals surface area contributed by atoms with Crippen LogP contribution in [0.4, 0.5) is 22.0 Å². The van der Waals surface area contributed by atoms with E-state index in [1.807, 2.05) is 0 Å². The van der Waals surface area contributed by atoms with Gasteiger partial charge < -0.3 is 10.1 Å². The lowest BCUT2D eigenvalue weighted by Crippen LogP contribution is -2.38. The van der Waals surface area contributed by atoms with Crippen LogP contribution in [-0.4, -0.2) is 25.0 Å². The summed E-state index contributed by atoms with van der Waals surface area (Å²) < 4.78 is 71.9. The fourth-order valence-corrected chi connectivity index (χ4v) is 3.62. The van der Waals surface area contributed by atoms with Crippen LogP contribution in [0.15, 0.2) is 60.8 Å². The molecule has 186 valence electrons. The zero-order valence-electron chi connectivity index (χ0n) is 19.0. The number of rotatable bonds is 9. The summed E-state index contributed by atoms with van der Waals surface area (Å²) in [6.07, 6.45) is -2.95. The predicted octanol–water partition coefficient (Wildman–Crippen LogP) is 5.14. The van der Waals surface area contributed by atoms with Crippen LogP contribution in [0.25, 0.3) is 0 Å². The van der Waals surface area contributed by atoms with Gasteiger partial charge in [-0.1, -0.05) is 24.3 Å². The van der Waals surface area contributed by atoms with E-state index in [9.17, 15) is 26.7 Å². The summed E-state index contributed by atoms with van der Waals surface area (Å²) in [6, 6.07) is 10.1. The fourth-order valence-electron chi connectivity index (χ4n) is 3.62.